The summed E-state index contributed by atoms with van der Waals surface area (Å²) < 4.78 is 19.4. The average Bonchev–Trinajstić information content (AvgIpc) is 2.44. The van der Waals surface area contributed by atoms with Gasteiger partial charge in [0, 0.05) is 23.2 Å². The van der Waals surface area contributed by atoms with Crippen molar-refractivity contribution in [2.75, 3.05) is 13.2 Å². The molecule has 0 aromatic heterocycles. The van der Waals surface area contributed by atoms with Gasteiger partial charge in [-0.1, -0.05) is 6.92 Å². The minimum absolute atomic E-state index is 0.197. The van der Waals surface area contributed by atoms with Gasteiger partial charge < -0.3 is 4.74 Å². The van der Waals surface area contributed by atoms with Crippen molar-refractivity contribution in [3.63, 3.8) is 0 Å². The molecule has 0 spiro atoms. The highest BCUT2D eigenvalue weighted by molar-refractivity contribution is 5.79. The molecule has 110 valence electrons. The third-order valence-corrected chi connectivity index (χ3v) is 3.85. The third kappa shape index (κ3) is 2.85. The van der Waals surface area contributed by atoms with Gasteiger partial charge in [-0.15, -0.1) is 0 Å². The normalized spacial score (nSPS) is 18.0. The number of nitrogens with zero attached hydrogens (tertiary/aromatic N) is 1. The number of ether oxygens (including phenoxy) is 1. The molecule has 1 aliphatic heterocycles. The number of aldehydes is 1. The average molecular weight is 279 g/mol. The summed E-state index contributed by atoms with van der Waals surface area (Å²) in [5.74, 6) is -0.123. The molecule has 0 fully saturated rings. The Hall–Kier alpha value is -1.42. The highest BCUT2D eigenvalue weighted by atomic mass is 19.1. The minimum atomic E-state index is -0.379. The summed E-state index contributed by atoms with van der Waals surface area (Å²) in [7, 11) is 0. The van der Waals surface area contributed by atoms with E-state index >= 15 is 0 Å². The summed E-state index contributed by atoms with van der Waals surface area (Å²) >= 11 is 0. The Morgan fingerprint density at radius 1 is 1.50 bits per heavy atom. The van der Waals surface area contributed by atoms with Crippen LogP contribution < -0.4 is 4.74 Å². The summed E-state index contributed by atoms with van der Waals surface area (Å²) in [6.07, 6.45) is 2.51. The van der Waals surface area contributed by atoms with Gasteiger partial charge in [0.05, 0.1) is 0 Å². The molecule has 0 saturated heterocycles. The number of fused-ring (bicyclic) bond motifs is 1. The maximum absolute atomic E-state index is 13.8. The van der Waals surface area contributed by atoms with E-state index in [2.05, 4.69) is 25.7 Å². The molecule has 1 aromatic rings. The first-order chi connectivity index (χ1) is 9.58. The smallest absolute Gasteiger partial charge is 0.165 e. The Morgan fingerprint density at radius 2 is 2.25 bits per heavy atom. The van der Waals surface area contributed by atoms with E-state index < -0.39 is 0 Å². The first kappa shape index (κ1) is 15.0. The van der Waals surface area contributed by atoms with Crippen molar-refractivity contribution in [3.8, 4) is 5.75 Å². The van der Waals surface area contributed by atoms with Gasteiger partial charge in [0.2, 0.25) is 0 Å². The second-order valence-corrected chi connectivity index (χ2v) is 5.56. The number of carbonyl (C=O) groups is 1. The Kier molecular flexibility index (Phi) is 4.76. The van der Waals surface area contributed by atoms with Crippen molar-refractivity contribution >= 4 is 6.29 Å². The van der Waals surface area contributed by atoms with E-state index in [-0.39, 0.29) is 17.6 Å². The van der Waals surface area contributed by atoms with Crippen LogP contribution in [0.5, 0.6) is 5.75 Å². The van der Waals surface area contributed by atoms with E-state index in [1.165, 1.54) is 12.1 Å². The van der Waals surface area contributed by atoms with E-state index in [0.29, 0.717) is 30.2 Å². The molecule has 1 unspecified atom stereocenters. The van der Waals surface area contributed by atoms with E-state index in [1.807, 2.05) is 0 Å². The number of hydrogen-bond acceptors (Lipinski definition) is 3. The quantitative estimate of drug-likeness (QED) is 0.776. The molecule has 0 saturated carbocycles. The molecule has 1 atom stereocenters. The van der Waals surface area contributed by atoms with Crippen molar-refractivity contribution in [3.05, 3.63) is 29.1 Å². The summed E-state index contributed by atoms with van der Waals surface area (Å²) in [5.41, 5.74) is 1.24. The summed E-state index contributed by atoms with van der Waals surface area (Å²) in [4.78, 5) is 13.5. The Morgan fingerprint density at radius 3 is 2.85 bits per heavy atom. The van der Waals surface area contributed by atoms with Gasteiger partial charge in [-0.2, -0.15) is 0 Å². The molecule has 20 heavy (non-hydrogen) atoms. The lowest BCUT2D eigenvalue weighted by atomic mass is 9.96. The number of halogens is 1. The van der Waals surface area contributed by atoms with Crippen molar-refractivity contribution < 1.29 is 13.9 Å². The largest absolute Gasteiger partial charge is 0.489 e. The lowest BCUT2D eigenvalue weighted by molar-refractivity contribution is 0.0893. The first-order valence-electron chi connectivity index (χ1n) is 7.23. The molecule has 1 aliphatic rings. The second-order valence-electron chi connectivity index (χ2n) is 5.56. The lowest BCUT2D eigenvalue weighted by Crippen LogP contribution is -2.47. The predicted octanol–water partition coefficient (Wildman–Crippen LogP) is 3.06. The third-order valence-electron chi connectivity index (χ3n) is 3.85. The first-order valence-corrected chi connectivity index (χ1v) is 7.23. The fraction of sp³-hybridized carbons (Fsp3) is 0.562. The van der Waals surface area contributed by atoms with Gasteiger partial charge >= 0.3 is 0 Å². The van der Waals surface area contributed by atoms with E-state index in [4.69, 9.17) is 4.74 Å². The van der Waals surface area contributed by atoms with Crippen molar-refractivity contribution in [2.24, 2.45) is 0 Å². The van der Waals surface area contributed by atoms with E-state index in [1.54, 1.807) is 0 Å². The molecule has 3 nitrogen and oxygen atoms in total. The van der Waals surface area contributed by atoms with Crippen LogP contribution in [0.3, 0.4) is 0 Å². The standard InChI is InChI=1S/C16H22FNO2/c1-4-7-18(11(2)3)13-8-14-12(9-19)5-6-15(17)16(14)20-10-13/h5-6,9,11,13H,4,7-8,10H2,1-3H3. The number of carbonyl (C=O) groups excluding carboxylic acids is 1. The zero-order valence-corrected chi connectivity index (χ0v) is 12.4. The molecule has 0 amide bonds. The minimum Gasteiger partial charge on any atom is -0.489 e. The molecule has 1 aromatic carbocycles. The summed E-state index contributed by atoms with van der Waals surface area (Å²) in [5, 5.41) is 0. The molecule has 0 aliphatic carbocycles. The number of hydrogen-bond donors (Lipinski definition) is 0. The van der Waals surface area contributed by atoms with Gasteiger partial charge in [0.15, 0.2) is 11.6 Å². The fourth-order valence-electron chi connectivity index (χ4n) is 2.90. The molecule has 4 heteroatoms. The van der Waals surface area contributed by atoms with Crippen LogP contribution in [0.4, 0.5) is 4.39 Å². The topological polar surface area (TPSA) is 29.5 Å². The Balaban J connectivity index is 2.29. The van der Waals surface area contributed by atoms with Crippen LogP contribution in [-0.4, -0.2) is 36.4 Å². The van der Waals surface area contributed by atoms with Crippen LogP contribution in [-0.2, 0) is 6.42 Å². The van der Waals surface area contributed by atoms with Crippen molar-refractivity contribution in [1.29, 1.82) is 0 Å². The summed E-state index contributed by atoms with van der Waals surface area (Å²) in [6, 6.07) is 3.43. The lowest BCUT2D eigenvalue weighted by Gasteiger charge is -2.37. The van der Waals surface area contributed by atoms with Gasteiger partial charge in [-0.3, -0.25) is 9.69 Å². The fourth-order valence-corrected chi connectivity index (χ4v) is 2.90. The monoisotopic (exact) mass is 279 g/mol. The van der Waals surface area contributed by atoms with Crippen LogP contribution >= 0.6 is 0 Å². The highest BCUT2D eigenvalue weighted by Gasteiger charge is 2.29. The van der Waals surface area contributed by atoms with Crippen LogP contribution in [0.2, 0.25) is 0 Å². The zero-order valence-electron chi connectivity index (χ0n) is 12.4. The van der Waals surface area contributed by atoms with Gasteiger partial charge in [0.25, 0.3) is 0 Å². The summed E-state index contributed by atoms with van der Waals surface area (Å²) in [6.45, 7) is 7.90. The Bertz CT molecular complexity index is 488. The van der Waals surface area contributed by atoms with Gasteiger partial charge in [-0.05, 0) is 45.4 Å². The highest BCUT2D eigenvalue weighted by Crippen LogP contribution is 2.32. The maximum atomic E-state index is 13.8. The van der Waals surface area contributed by atoms with Crippen molar-refractivity contribution in [1.82, 2.24) is 4.90 Å². The second kappa shape index (κ2) is 6.35. The van der Waals surface area contributed by atoms with Gasteiger partial charge in [0.1, 0.15) is 12.9 Å². The molecule has 0 bridgehead atoms. The maximum Gasteiger partial charge on any atom is 0.165 e. The molecule has 2 rings (SSSR count). The van der Waals surface area contributed by atoms with Crippen LogP contribution in [0.1, 0.15) is 43.1 Å². The van der Waals surface area contributed by atoms with Crippen molar-refractivity contribution in [2.45, 2.75) is 45.7 Å². The van der Waals surface area contributed by atoms with Gasteiger partial charge in [-0.25, -0.2) is 4.39 Å². The molecule has 0 radical (unpaired) electrons. The molecular weight excluding hydrogens is 257 g/mol. The van der Waals surface area contributed by atoms with E-state index in [9.17, 15) is 9.18 Å². The van der Waals surface area contributed by atoms with Crippen LogP contribution in [0.25, 0.3) is 0 Å². The van der Waals surface area contributed by atoms with Crippen LogP contribution in [0.15, 0.2) is 12.1 Å². The Labute approximate surface area is 119 Å². The predicted molar refractivity (Wildman–Crippen MR) is 76.9 cm³/mol. The number of rotatable bonds is 5. The van der Waals surface area contributed by atoms with Crippen LogP contribution in [0, 0.1) is 5.82 Å². The molecule has 1 heterocycles. The van der Waals surface area contributed by atoms with E-state index in [0.717, 1.165) is 19.3 Å². The molecule has 0 N–H and O–H groups in total. The SMILES string of the molecule is CCCN(C(C)C)C1COc2c(F)ccc(C=O)c2C1. The molecular formula is C16H22FNO2. The number of benzene rings is 1. The zero-order chi connectivity index (χ0) is 14.7.